The van der Waals surface area contributed by atoms with Crippen molar-refractivity contribution in [3.63, 3.8) is 0 Å². The van der Waals surface area contributed by atoms with Crippen molar-refractivity contribution in [2.24, 2.45) is 7.05 Å². The monoisotopic (exact) mass is 312 g/mol. The number of ether oxygens (including phenoxy) is 1. The van der Waals surface area contributed by atoms with Crippen molar-refractivity contribution in [1.29, 1.82) is 0 Å². The summed E-state index contributed by atoms with van der Waals surface area (Å²) < 4.78 is 8.49. The molecule has 23 heavy (non-hydrogen) atoms. The molecule has 1 aromatic carbocycles. The minimum atomic E-state index is 0.454. The van der Waals surface area contributed by atoms with Gasteiger partial charge in [-0.25, -0.2) is 4.68 Å². The number of rotatable bonds is 5. The molecule has 4 nitrogen and oxygen atoms in total. The van der Waals surface area contributed by atoms with Crippen LogP contribution in [0.15, 0.2) is 30.5 Å². The quantitative estimate of drug-likeness (QED) is 0.793. The summed E-state index contributed by atoms with van der Waals surface area (Å²) in [7, 11) is 3.84. The summed E-state index contributed by atoms with van der Waals surface area (Å²) in [5.74, 6) is 1.30. The van der Waals surface area contributed by atoms with Gasteiger partial charge in [0.05, 0.1) is 24.9 Å². The van der Waals surface area contributed by atoms with Crippen molar-refractivity contribution >= 4 is 5.82 Å². The van der Waals surface area contributed by atoms with Gasteiger partial charge in [0.1, 0.15) is 12.6 Å². The maximum absolute atomic E-state index is 6.00. The SMILES string of the molecule is [CH]c1cccc(C[N+]2(c3c(C)cnn3C)CCC[C@H]2COC)c1. The highest BCUT2D eigenvalue weighted by atomic mass is 16.5. The van der Waals surface area contributed by atoms with Crippen LogP contribution in [0.25, 0.3) is 0 Å². The minimum absolute atomic E-state index is 0.454. The first-order valence-electron chi connectivity index (χ1n) is 8.26. The lowest BCUT2D eigenvalue weighted by Gasteiger charge is -2.39. The summed E-state index contributed by atoms with van der Waals surface area (Å²) in [5.41, 5.74) is 3.35. The van der Waals surface area contributed by atoms with Gasteiger partial charge in [0.15, 0.2) is 0 Å². The van der Waals surface area contributed by atoms with Crippen LogP contribution >= 0.6 is 0 Å². The zero-order valence-corrected chi connectivity index (χ0v) is 14.3. The first kappa shape index (κ1) is 16.2. The number of aromatic nitrogens is 2. The molecule has 2 radical (unpaired) electrons. The second-order valence-corrected chi connectivity index (χ2v) is 6.69. The standard InChI is InChI=1S/C19H26N3O/c1-15-7-5-8-17(11-15)13-22(10-6-9-18(22)14-23-4)19-16(2)12-20-21(19)3/h1,5,7-8,11-12,18H,6,9-10,13-14H2,2-4H3/q+1/t18-,22?/m0/s1. The number of benzene rings is 1. The zero-order chi connectivity index (χ0) is 16.4. The highest BCUT2D eigenvalue weighted by Gasteiger charge is 2.46. The van der Waals surface area contributed by atoms with Crippen molar-refractivity contribution < 1.29 is 4.74 Å². The van der Waals surface area contributed by atoms with E-state index in [-0.39, 0.29) is 0 Å². The molecule has 2 heterocycles. The van der Waals surface area contributed by atoms with Crippen LogP contribution in [0.5, 0.6) is 0 Å². The van der Waals surface area contributed by atoms with Crippen molar-refractivity contribution in [1.82, 2.24) is 14.3 Å². The summed E-state index contributed by atoms with van der Waals surface area (Å²) in [6, 6.07) is 8.70. The van der Waals surface area contributed by atoms with Crippen LogP contribution in [0.3, 0.4) is 0 Å². The van der Waals surface area contributed by atoms with Gasteiger partial charge in [-0.1, -0.05) is 18.2 Å². The maximum atomic E-state index is 6.00. The van der Waals surface area contributed by atoms with E-state index in [0.29, 0.717) is 6.04 Å². The van der Waals surface area contributed by atoms with E-state index in [1.54, 1.807) is 7.11 Å². The Kier molecular flexibility index (Phi) is 4.55. The molecule has 0 amide bonds. The van der Waals surface area contributed by atoms with Crippen molar-refractivity contribution in [3.05, 3.63) is 54.1 Å². The summed E-state index contributed by atoms with van der Waals surface area (Å²) in [6.07, 6.45) is 4.36. The fraction of sp³-hybridized carbons (Fsp3) is 0.474. The molecule has 1 fully saturated rings. The molecule has 1 aromatic heterocycles. The Morgan fingerprint density at radius 3 is 2.91 bits per heavy atom. The molecule has 1 saturated heterocycles. The van der Waals surface area contributed by atoms with E-state index in [9.17, 15) is 0 Å². The molecule has 1 aliphatic rings. The number of nitrogens with zero attached hydrogens (tertiary/aromatic N) is 3. The maximum Gasteiger partial charge on any atom is 0.229 e. The van der Waals surface area contributed by atoms with Gasteiger partial charge in [-0.05, 0) is 25.5 Å². The predicted molar refractivity (Wildman–Crippen MR) is 93.1 cm³/mol. The molecule has 0 spiro atoms. The number of quaternary nitrogens is 1. The van der Waals surface area contributed by atoms with E-state index < -0.39 is 0 Å². The Labute approximate surface area is 139 Å². The first-order valence-corrected chi connectivity index (χ1v) is 8.26. The summed E-state index contributed by atoms with van der Waals surface area (Å²) >= 11 is 0. The van der Waals surface area contributed by atoms with Crippen LogP contribution in [-0.4, -0.2) is 36.1 Å². The lowest BCUT2D eigenvalue weighted by molar-refractivity contribution is 0.109. The van der Waals surface area contributed by atoms with Crippen LogP contribution in [0.2, 0.25) is 0 Å². The molecule has 0 aliphatic carbocycles. The van der Waals surface area contributed by atoms with Crippen molar-refractivity contribution in [2.75, 3.05) is 20.3 Å². The average Bonchev–Trinajstić information content (AvgIpc) is 3.04. The number of likely N-dealkylation sites (tertiary alicyclic amines) is 1. The Morgan fingerprint density at radius 1 is 1.43 bits per heavy atom. The summed E-state index contributed by atoms with van der Waals surface area (Å²) in [6.45, 7) is 11.0. The van der Waals surface area contributed by atoms with E-state index in [2.05, 4.69) is 24.2 Å². The zero-order valence-electron chi connectivity index (χ0n) is 14.3. The number of hydrogen-bond acceptors (Lipinski definition) is 2. The van der Waals surface area contributed by atoms with E-state index in [0.717, 1.165) is 29.7 Å². The van der Waals surface area contributed by atoms with Crippen LogP contribution in [0, 0.1) is 13.8 Å². The van der Waals surface area contributed by atoms with E-state index in [1.807, 2.05) is 30.1 Å². The van der Waals surface area contributed by atoms with Gasteiger partial charge in [0.2, 0.25) is 5.82 Å². The fourth-order valence-corrected chi connectivity index (χ4v) is 4.22. The normalized spacial score (nSPS) is 24.3. The number of aryl methyl sites for hydroxylation is 2. The van der Waals surface area contributed by atoms with Gasteiger partial charge in [-0.15, -0.1) is 0 Å². The van der Waals surface area contributed by atoms with Crippen molar-refractivity contribution in [3.8, 4) is 0 Å². The number of hydrogen-bond donors (Lipinski definition) is 0. The first-order chi connectivity index (χ1) is 11.1. The molecule has 0 N–H and O–H groups in total. The lowest BCUT2D eigenvalue weighted by Crippen LogP contribution is -2.55. The van der Waals surface area contributed by atoms with E-state index >= 15 is 0 Å². The minimum Gasteiger partial charge on any atom is -0.378 e. The lowest BCUT2D eigenvalue weighted by atomic mass is 10.1. The van der Waals surface area contributed by atoms with Crippen LogP contribution in [0.1, 0.15) is 29.5 Å². The van der Waals surface area contributed by atoms with Gasteiger partial charge in [0.25, 0.3) is 0 Å². The fourth-order valence-electron chi connectivity index (χ4n) is 4.22. The van der Waals surface area contributed by atoms with E-state index in [1.165, 1.54) is 29.8 Å². The highest BCUT2D eigenvalue weighted by molar-refractivity contribution is 5.45. The highest BCUT2D eigenvalue weighted by Crippen LogP contribution is 2.38. The van der Waals surface area contributed by atoms with Crippen LogP contribution in [-0.2, 0) is 18.3 Å². The Balaban J connectivity index is 2.07. The largest absolute Gasteiger partial charge is 0.378 e. The third kappa shape index (κ3) is 2.93. The third-order valence-corrected chi connectivity index (χ3v) is 5.07. The van der Waals surface area contributed by atoms with Gasteiger partial charge < -0.3 is 4.74 Å². The molecular formula is C19H26N3O+. The Hall–Kier alpha value is -1.65. The van der Waals surface area contributed by atoms with E-state index in [4.69, 9.17) is 11.7 Å². The predicted octanol–water partition coefficient (Wildman–Crippen LogP) is 3.10. The smallest absolute Gasteiger partial charge is 0.229 e. The van der Waals surface area contributed by atoms with Crippen LogP contribution in [0.4, 0.5) is 5.82 Å². The molecule has 1 aliphatic heterocycles. The number of methoxy groups -OCH3 is 1. The third-order valence-electron chi connectivity index (χ3n) is 5.07. The van der Waals surface area contributed by atoms with Gasteiger partial charge in [0, 0.05) is 32.6 Å². The molecule has 0 saturated carbocycles. The molecule has 2 atom stereocenters. The molecule has 4 heteroatoms. The molecule has 3 rings (SSSR count). The van der Waals surface area contributed by atoms with Crippen LogP contribution < -0.4 is 4.48 Å². The molecule has 2 aromatic rings. The summed E-state index contributed by atoms with van der Waals surface area (Å²) in [4.78, 5) is 0. The molecule has 1 unspecified atom stereocenters. The Morgan fingerprint density at radius 2 is 2.26 bits per heavy atom. The second kappa shape index (κ2) is 6.46. The molecule has 0 bridgehead atoms. The van der Waals surface area contributed by atoms with Gasteiger partial charge in [-0.3, -0.25) is 4.48 Å². The summed E-state index contributed by atoms with van der Waals surface area (Å²) in [5, 5.41) is 4.50. The van der Waals surface area contributed by atoms with Crippen molar-refractivity contribution in [2.45, 2.75) is 32.4 Å². The Bertz CT molecular complexity index is 660. The van der Waals surface area contributed by atoms with Gasteiger partial charge >= 0.3 is 0 Å². The van der Waals surface area contributed by atoms with Gasteiger partial charge in [-0.2, -0.15) is 5.10 Å². The molecule has 122 valence electrons. The average molecular weight is 312 g/mol. The second-order valence-electron chi connectivity index (χ2n) is 6.69. The topological polar surface area (TPSA) is 27.1 Å². The molecular weight excluding hydrogens is 286 g/mol.